The lowest BCUT2D eigenvalue weighted by Gasteiger charge is -2.39. The van der Waals surface area contributed by atoms with Crippen molar-refractivity contribution in [2.24, 2.45) is 5.41 Å². The summed E-state index contributed by atoms with van der Waals surface area (Å²) in [5, 5.41) is 14.5. The van der Waals surface area contributed by atoms with E-state index < -0.39 is 4.92 Å². The highest BCUT2D eigenvalue weighted by Crippen LogP contribution is 2.37. The molecule has 1 N–H and O–H groups in total. The number of halogens is 1. The molecule has 1 heterocycles. The summed E-state index contributed by atoms with van der Waals surface area (Å²) in [5.41, 5.74) is 0.907. The van der Waals surface area contributed by atoms with Gasteiger partial charge >= 0.3 is 0 Å². The number of hydrogen-bond acceptors (Lipinski definition) is 4. The molecule has 0 bridgehead atoms. The molecule has 0 spiro atoms. The quantitative estimate of drug-likeness (QED) is 0.671. The zero-order valence-corrected chi connectivity index (χ0v) is 12.6. The van der Waals surface area contributed by atoms with E-state index in [1.807, 2.05) is 11.8 Å². The van der Waals surface area contributed by atoms with Crippen molar-refractivity contribution in [3.8, 4) is 0 Å². The Morgan fingerprint density at radius 3 is 2.89 bits per heavy atom. The van der Waals surface area contributed by atoms with E-state index in [0.29, 0.717) is 6.04 Å². The number of anilines is 1. The van der Waals surface area contributed by atoms with Crippen LogP contribution in [0.3, 0.4) is 0 Å². The average Bonchev–Trinajstić information content (AvgIpc) is 2.33. The van der Waals surface area contributed by atoms with Gasteiger partial charge in [-0.1, -0.05) is 25.4 Å². The van der Waals surface area contributed by atoms with Crippen molar-refractivity contribution in [3.05, 3.63) is 33.3 Å². The predicted octanol–water partition coefficient (Wildman–Crippen LogP) is 4.19. The van der Waals surface area contributed by atoms with Crippen molar-refractivity contribution in [2.75, 3.05) is 16.8 Å². The summed E-state index contributed by atoms with van der Waals surface area (Å²) in [6.45, 7) is 4.46. The molecule has 0 aromatic heterocycles. The van der Waals surface area contributed by atoms with Gasteiger partial charge in [0.2, 0.25) is 0 Å². The number of nitrogens with zero attached hydrogens (tertiary/aromatic N) is 1. The second-order valence-electron chi connectivity index (χ2n) is 5.43. The molecule has 2 rings (SSSR count). The van der Waals surface area contributed by atoms with Crippen LogP contribution in [0.25, 0.3) is 0 Å². The molecule has 1 aliphatic heterocycles. The van der Waals surface area contributed by atoms with Crippen molar-refractivity contribution in [1.29, 1.82) is 0 Å². The Bertz CT molecular complexity index is 494. The van der Waals surface area contributed by atoms with Gasteiger partial charge < -0.3 is 5.32 Å². The Morgan fingerprint density at radius 2 is 2.26 bits per heavy atom. The first-order valence-corrected chi connectivity index (χ1v) is 7.71. The minimum atomic E-state index is -0.450. The molecule has 1 unspecified atom stereocenters. The molecule has 1 aliphatic rings. The standard InChI is InChI=1S/C13H17ClN2O2S/c1-13(2)5-6-19-8-12(13)15-9-3-4-10(14)11(7-9)16(17)18/h3-4,7,12,15H,5-6,8H2,1-2H3. The van der Waals surface area contributed by atoms with Gasteiger partial charge in [0.25, 0.3) is 5.69 Å². The van der Waals surface area contributed by atoms with Gasteiger partial charge in [-0.2, -0.15) is 11.8 Å². The van der Waals surface area contributed by atoms with E-state index >= 15 is 0 Å². The molecule has 1 aromatic rings. The van der Waals surface area contributed by atoms with Crippen LogP contribution < -0.4 is 5.32 Å². The predicted molar refractivity (Wildman–Crippen MR) is 81.2 cm³/mol. The largest absolute Gasteiger partial charge is 0.381 e. The van der Waals surface area contributed by atoms with Crippen molar-refractivity contribution < 1.29 is 4.92 Å². The molecule has 0 aliphatic carbocycles. The monoisotopic (exact) mass is 300 g/mol. The molecular formula is C13H17ClN2O2S. The zero-order valence-electron chi connectivity index (χ0n) is 11.0. The maximum absolute atomic E-state index is 10.9. The first kappa shape index (κ1) is 14.5. The number of rotatable bonds is 3. The fourth-order valence-electron chi connectivity index (χ4n) is 2.12. The van der Waals surface area contributed by atoms with Crippen molar-refractivity contribution in [2.45, 2.75) is 26.3 Å². The Labute approximate surface area is 122 Å². The second-order valence-corrected chi connectivity index (χ2v) is 6.99. The number of nitro groups is 1. The second kappa shape index (κ2) is 5.59. The summed E-state index contributed by atoms with van der Waals surface area (Å²) in [6, 6.07) is 5.19. The van der Waals surface area contributed by atoms with Crippen LogP contribution in [0.2, 0.25) is 5.02 Å². The molecule has 0 radical (unpaired) electrons. The van der Waals surface area contributed by atoms with E-state index in [1.165, 1.54) is 11.8 Å². The van der Waals surface area contributed by atoms with Crippen molar-refractivity contribution in [1.82, 2.24) is 0 Å². The molecule has 104 valence electrons. The third kappa shape index (κ3) is 3.34. The number of nitro benzene ring substituents is 1. The molecule has 4 nitrogen and oxygen atoms in total. The van der Waals surface area contributed by atoms with Crippen LogP contribution in [-0.4, -0.2) is 22.5 Å². The Hall–Kier alpha value is -0.940. The minimum Gasteiger partial charge on any atom is -0.381 e. The third-order valence-electron chi connectivity index (χ3n) is 3.60. The molecule has 0 saturated carbocycles. The Kier molecular flexibility index (Phi) is 4.26. The number of thioether (sulfide) groups is 1. The van der Waals surface area contributed by atoms with E-state index in [1.54, 1.807) is 12.1 Å². The van der Waals surface area contributed by atoms with Crippen LogP contribution in [0.4, 0.5) is 11.4 Å². The van der Waals surface area contributed by atoms with Gasteiger partial charge in [0.05, 0.1) is 4.92 Å². The van der Waals surface area contributed by atoms with E-state index in [2.05, 4.69) is 19.2 Å². The fraction of sp³-hybridized carbons (Fsp3) is 0.538. The summed E-state index contributed by atoms with van der Waals surface area (Å²) in [5.74, 6) is 2.19. The van der Waals surface area contributed by atoms with Gasteiger partial charge in [-0.3, -0.25) is 10.1 Å². The molecule has 1 atom stereocenters. The summed E-state index contributed by atoms with van der Waals surface area (Å²) < 4.78 is 0. The van der Waals surface area contributed by atoms with Crippen molar-refractivity contribution >= 4 is 34.7 Å². The van der Waals surface area contributed by atoms with Crippen LogP contribution in [-0.2, 0) is 0 Å². The lowest BCUT2D eigenvalue weighted by atomic mass is 9.82. The van der Waals surface area contributed by atoms with E-state index in [9.17, 15) is 10.1 Å². The summed E-state index contributed by atoms with van der Waals surface area (Å²) in [6.07, 6.45) is 1.14. The van der Waals surface area contributed by atoms with Crippen LogP contribution in [0.1, 0.15) is 20.3 Å². The van der Waals surface area contributed by atoms with Crippen LogP contribution in [0, 0.1) is 15.5 Å². The highest BCUT2D eigenvalue weighted by Gasteiger charge is 2.32. The SMILES string of the molecule is CC1(C)CCSCC1Nc1ccc(Cl)c([N+](=O)[O-])c1. The van der Waals surface area contributed by atoms with Crippen LogP contribution in [0.5, 0.6) is 0 Å². The fourth-order valence-corrected chi connectivity index (χ4v) is 3.91. The van der Waals surface area contributed by atoms with Crippen LogP contribution >= 0.6 is 23.4 Å². The maximum Gasteiger partial charge on any atom is 0.289 e. The summed E-state index contributed by atoms with van der Waals surface area (Å²) in [7, 11) is 0. The normalized spacial score (nSPS) is 21.9. The maximum atomic E-state index is 10.9. The molecule has 1 fully saturated rings. The zero-order chi connectivity index (χ0) is 14.0. The van der Waals surface area contributed by atoms with Gasteiger partial charge in [-0.05, 0) is 29.7 Å². The molecular weight excluding hydrogens is 284 g/mol. The highest BCUT2D eigenvalue weighted by atomic mass is 35.5. The van der Waals surface area contributed by atoms with Gasteiger partial charge in [0, 0.05) is 23.5 Å². The molecule has 6 heteroatoms. The number of benzene rings is 1. The van der Waals surface area contributed by atoms with E-state index in [-0.39, 0.29) is 16.1 Å². The third-order valence-corrected chi connectivity index (χ3v) is 4.98. The molecule has 0 amide bonds. The first-order chi connectivity index (χ1) is 8.90. The number of nitrogens with one attached hydrogen (secondary N) is 1. The summed E-state index contributed by atoms with van der Waals surface area (Å²) in [4.78, 5) is 10.4. The van der Waals surface area contributed by atoms with Gasteiger partial charge in [-0.15, -0.1) is 0 Å². The smallest absolute Gasteiger partial charge is 0.289 e. The number of hydrogen-bond donors (Lipinski definition) is 1. The summed E-state index contributed by atoms with van der Waals surface area (Å²) >= 11 is 7.73. The molecule has 19 heavy (non-hydrogen) atoms. The van der Waals surface area contributed by atoms with Crippen LogP contribution in [0.15, 0.2) is 18.2 Å². The average molecular weight is 301 g/mol. The topological polar surface area (TPSA) is 55.2 Å². The van der Waals surface area contributed by atoms with E-state index in [0.717, 1.165) is 17.9 Å². The minimum absolute atomic E-state index is 0.0482. The van der Waals surface area contributed by atoms with Gasteiger partial charge in [-0.25, -0.2) is 0 Å². The molecule has 1 aromatic carbocycles. The van der Waals surface area contributed by atoms with E-state index in [4.69, 9.17) is 11.6 Å². The van der Waals surface area contributed by atoms with Gasteiger partial charge in [0.15, 0.2) is 0 Å². The first-order valence-electron chi connectivity index (χ1n) is 6.18. The van der Waals surface area contributed by atoms with Crippen molar-refractivity contribution in [3.63, 3.8) is 0 Å². The Balaban J connectivity index is 2.19. The Morgan fingerprint density at radius 1 is 1.53 bits per heavy atom. The molecule has 1 saturated heterocycles. The lowest BCUT2D eigenvalue weighted by Crippen LogP contribution is -2.41. The van der Waals surface area contributed by atoms with Gasteiger partial charge in [0.1, 0.15) is 5.02 Å². The highest BCUT2D eigenvalue weighted by molar-refractivity contribution is 7.99. The lowest BCUT2D eigenvalue weighted by molar-refractivity contribution is -0.384.